The molecule has 0 bridgehead atoms. The van der Waals surface area contributed by atoms with Gasteiger partial charge < -0.3 is 9.47 Å². The Bertz CT molecular complexity index is 2130. The number of hydrogen-bond acceptors (Lipinski definition) is 6. The third-order valence-corrected chi connectivity index (χ3v) is 10.9. The molecule has 7 nitrogen and oxygen atoms in total. The number of benzene rings is 4. The Balaban J connectivity index is 1.51. The maximum absolute atomic E-state index is 14.9. The molecule has 2 aliphatic heterocycles. The van der Waals surface area contributed by atoms with E-state index in [4.69, 9.17) is 14.3 Å². The maximum Gasteiger partial charge on any atom is 0.268 e. The van der Waals surface area contributed by atoms with Gasteiger partial charge in [-0.05, 0) is 54.0 Å². The Morgan fingerprint density at radius 3 is 2.07 bits per heavy atom. The van der Waals surface area contributed by atoms with E-state index in [9.17, 15) is 8.42 Å². The lowest BCUT2D eigenvalue weighted by Gasteiger charge is -2.49. The first-order valence-corrected chi connectivity index (χ1v) is 16.6. The van der Waals surface area contributed by atoms with Crippen LogP contribution >= 0.6 is 0 Å². The van der Waals surface area contributed by atoms with Crippen LogP contribution in [-0.4, -0.2) is 37.5 Å². The molecule has 230 valence electrons. The molecule has 3 heterocycles. The van der Waals surface area contributed by atoms with E-state index in [0.717, 1.165) is 39.1 Å². The molecule has 0 amide bonds. The summed E-state index contributed by atoms with van der Waals surface area (Å²) < 4.78 is 43.3. The number of methoxy groups -OCH3 is 2. The van der Waals surface area contributed by atoms with Crippen molar-refractivity contribution in [2.24, 2.45) is 0 Å². The van der Waals surface area contributed by atoms with Gasteiger partial charge in [-0.1, -0.05) is 103 Å². The summed E-state index contributed by atoms with van der Waals surface area (Å²) in [7, 11) is -0.948. The van der Waals surface area contributed by atoms with Gasteiger partial charge in [-0.25, -0.2) is 17.5 Å². The summed E-state index contributed by atoms with van der Waals surface area (Å²) in [5, 5.41) is 1.91. The van der Waals surface area contributed by atoms with Gasteiger partial charge in [0.2, 0.25) is 5.79 Å². The lowest BCUT2D eigenvalue weighted by molar-refractivity contribution is -0.305. The van der Waals surface area contributed by atoms with Crippen LogP contribution in [0.5, 0.6) is 0 Å². The van der Waals surface area contributed by atoms with Crippen LogP contribution in [0.4, 0.5) is 0 Å². The van der Waals surface area contributed by atoms with E-state index in [2.05, 4.69) is 18.2 Å². The van der Waals surface area contributed by atoms with Crippen LogP contribution < -0.4 is 0 Å². The Labute approximate surface area is 268 Å². The van der Waals surface area contributed by atoms with Crippen molar-refractivity contribution >= 4 is 27.9 Å². The first-order chi connectivity index (χ1) is 22.4. The number of fused-ring (bicyclic) bond motifs is 4. The predicted octanol–water partition coefficient (Wildman–Crippen LogP) is 7.61. The minimum Gasteiger partial charge on any atom is -0.347 e. The molecule has 8 heteroatoms. The van der Waals surface area contributed by atoms with Crippen molar-refractivity contribution < 1.29 is 22.7 Å². The number of hydroxylamine groups is 2. The van der Waals surface area contributed by atoms with Crippen LogP contribution in [0.3, 0.4) is 0 Å². The van der Waals surface area contributed by atoms with Gasteiger partial charge in [-0.3, -0.25) is 4.84 Å². The number of aryl methyl sites for hydroxylation is 1. The summed E-state index contributed by atoms with van der Waals surface area (Å²) in [5.41, 5.74) is 8.21. The fourth-order valence-electron chi connectivity index (χ4n) is 6.98. The molecule has 1 aliphatic carbocycles. The maximum atomic E-state index is 14.9. The highest BCUT2D eigenvalue weighted by molar-refractivity contribution is 7.90. The molecule has 46 heavy (non-hydrogen) atoms. The van der Waals surface area contributed by atoms with Gasteiger partial charge in [-0.15, -0.1) is 0 Å². The van der Waals surface area contributed by atoms with Crippen molar-refractivity contribution in [3.05, 3.63) is 154 Å². The minimum absolute atomic E-state index is 0.200. The van der Waals surface area contributed by atoms with Gasteiger partial charge in [0.15, 0.2) is 6.10 Å². The Hall–Kier alpha value is -4.73. The zero-order valence-electron chi connectivity index (χ0n) is 25.6. The quantitative estimate of drug-likeness (QED) is 0.180. The SMILES string of the molecule is COC1(OC)C=Cc2c3c(c(-c4ccccc4)n2S(=O)(=O)c2ccc(C)cc2)C2c4ccccc4C=C(c4ccccc4)N2OC31. The molecular weight excluding hydrogens is 596 g/mol. The number of aromatic nitrogens is 1. The standard InChI is InChI=1S/C38H32N2O5S/c1-25-18-20-29(21-19-25)46(41,42)40-31-22-23-38(43-2,44-3)37-33(31)34(35(40)27-14-8-5-9-15-27)36-30-17-11-10-16-28(30)24-32(39(36)45-37)26-12-6-4-7-13-26/h4-24,36-37H,1-3H3. The second kappa shape index (κ2) is 10.7. The molecule has 0 saturated carbocycles. The molecule has 0 spiro atoms. The lowest BCUT2D eigenvalue weighted by Crippen LogP contribution is -2.48. The van der Waals surface area contributed by atoms with Crippen LogP contribution in [0.2, 0.25) is 0 Å². The molecular formula is C38H32N2O5S. The van der Waals surface area contributed by atoms with Crippen molar-refractivity contribution in [1.82, 2.24) is 9.04 Å². The zero-order chi connectivity index (χ0) is 31.6. The third-order valence-electron chi connectivity index (χ3n) is 9.21. The smallest absolute Gasteiger partial charge is 0.268 e. The molecule has 0 saturated heterocycles. The number of ether oxygens (including phenoxy) is 2. The molecule has 2 unspecified atom stereocenters. The summed E-state index contributed by atoms with van der Waals surface area (Å²) in [6.07, 6.45) is 4.84. The summed E-state index contributed by atoms with van der Waals surface area (Å²) >= 11 is 0. The van der Waals surface area contributed by atoms with Crippen LogP contribution in [0.25, 0.3) is 29.1 Å². The highest BCUT2D eigenvalue weighted by Crippen LogP contribution is 2.58. The van der Waals surface area contributed by atoms with Gasteiger partial charge in [0.1, 0.15) is 6.04 Å². The molecule has 0 radical (unpaired) electrons. The monoisotopic (exact) mass is 628 g/mol. The minimum atomic E-state index is -4.10. The second-order valence-electron chi connectivity index (χ2n) is 11.7. The number of nitrogens with zero attached hydrogens (tertiary/aromatic N) is 2. The Morgan fingerprint density at radius 1 is 0.761 bits per heavy atom. The molecule has 8 rings (SSSR count). The van der Waals surface area contributed by atoms with Crippen LogP contribution in [0.1, 0.15) is 51.2 Å². The summed E-state index contributed by atoms with van der Waals surface area (Å²) in [4.78, 5) is 7.21. The van der Waals surface area contributed by atoms with Gasteiger partial charge in [0, 0.05) is 30.9 Å². The molecule has 2 atom stereocenters. The average molecular weight is 629 g/mol. The van der Waals surface area contributed by atoms with E-state index >= 15 is 0 Å². The molecule has 3 aliphatic rings. The van der Waals surface area contributed by atoms with Crippen molar-refractivity contribution in [2.45, 2.75) is 29.8 Å². The van der Waals surface area contributed by atoms with Crippen LogP contribution in [0.15, 0.2) is 120 Å². The van der Waals surface area contributed by atoms with E-state index < -0.39 is 28.0 Å². The van der Waals surface area contributed by atoms with Crippen LogP contribution in [-0.2, 0) is 24.3 Å². The summed E-state index contributed by atoms with van der Waals surface area (Å²) in [6.45, 7) is 1.94. The highest BCUT2D eigenvalue weighted by atomic mass is 32.2. The van der Waals surface area contributed by atoms with E-state index in [1.807, 2.05) is 96.9 Å². The molecule has 0 fully saturated rings. The van der Waals surface area contributed by atoms with Gasteiger partial charge in [0.25, 0.3) is 10.0 Å². The predicted molar refractivity (Wildman–Crippen MR) is 178 cm³/mol. The summed E-state index contributed by atoms with van der Waals surface area (Å²) in [5.74, 6) is -1.32. The fourth-order valence-corrected chi connectivity index (χ4v) is 8.54. The third kappa shape index (κ3) is 4.11. The van der Waals surface area contributed by atoms with E-state index in [0.29, 0.717) is 17.0 Å². The zero-order valence-corrected chi connectivity index (χ0v) is 26.4. The summed E-state index contributed by atoms with van der Waals surface area (Å²) in [6, 6.07) is 34.5. The number of hydrogen-bond donors (Lipinski definition) is 0. The van der Waals surface area contributed by atoms with Crippen molar-refractivity contribution in [3.63, 3.8) is 0 Å². The second-order valence-corrected chi connectivity index (χ2v) is 13.5. The highest BCUT2D eigenvalue weighted by Gasteiger charge is 2.55. The van der Waals surface area contributed by atoms with Crippen LogP contribution in [0, 0.1) is 6.92 Å². The molecule has 5 aromatic rings. The van der Waals surface area contributed by atoms with E-state index in [1.54, 1.807) is 38.5 Å². The molecule has 0 N–H and O–H groups in total. The topological polar surface area (TPSA) is 70.0 Å². The first kappa shape index (κ1) is 28.7. The van der Waals surface area contributed by atoms with Crippen molar-refractivity contribution in [2.75, 3.05) is 14.2 Å². The fraction of sp³-hybridized carbons (Fsp3) is 0.158. The van der Waals surface area contributed by atoms with Crippen molar-refractivity contribution in [3.8, 4) is 11.3 Å². The van der Waals surface area contributed by atoms with Gasteiger partial charge >= 0.3 is 0 Å². The normalized spacial score (nSPS) is 19.2. The van der Waals surface area contributed by atoms with Gasteiger partial charge in [-0.2, -0.15) is 0 Å². The molecule has 1 aromatic heterocycles. The lowest BCUT2D eigenvalue weighted by atomic mass is 9.81. The average Bonchev–Trinajstić information content (AvgIpc) is 3.46. The van der Waals surface area contributed by atoms with Crippen molar-refractivity contribution in [1.29, 1.82) is 0 Å². The number of rotatable bonds is 6. The Kier molecular flexibility index (Phi) is 6.67. The van der Waals surface area contributed by atoms with E-state index in [-0.39, 0.29) is 4.90 Å². The largest absolute Gasteiger partial charge is 0.347 e. The molecule has 4 aromatic carbocycles. The van der Waals surface area contributed by atoms with E-state index in [1.165, 1.54) is 3.97 Å². The van der Waals surface area contributed by atoms with Gasteiger partial charge in [0.05, 0.1) is 22.0 Å². The Morgan fingerprint density at radius 2 is 1.39 bits per heavy atom. The first-order valence-electron chi connectivity index (χ1n) is 15.2.